The summed E-state index contributed by atoms with van der Waals surface area (Å²) in [6.07, 6.45) is 0. The minimum absolute atomic E-state index is 0.714. The SMILES string of the molecule is Cc1nc(-c2ccccc2NCc2scnc2C)n[nH]1. The third kappa shape index (κ3) is 2.55. The molecule has 3 rings (SSSR count). The second-order valence-corrected chi connectivity index (χ2v) is 5.44. The van der Waals surface area contributed by atoms with Crippen molar-refractivity contribution in [2.75, 3.05) is 5.32 Å². The van der Waals surface area contributed by atoms with Crippen LogP contribution < -0.4 is 5.32 Å². The van der Waals surface area contributed by atoms with E-state index in [9.17, 15) is 0 Å². The number of hydrogen-bond acceptors (Lipinski definition) is 5. The van der Waals surface area contributed by atoms with Gasteiger partial charge in [-0.1, -0.05) is 12.1 Å². The molecule has 0 aliphatic heterocycles. The predicted octanol–water partition coefficient (Wildman–Crippen LogP) is 3.16. The van der Waals surface area contributed by atoms with Crippen LogP contribution >= 0.6 is 11.3 Å². The molecule has 0 aliphatic rings. The zero-order chi connectivity index (χ0) is 13.9. The summed E-state index contributed by atoms with van der Waals surface area (Å²) in [4.78, 5) is 9.89. The van der Waals surface area contributed by atoms with Gasteiger partial charge in [-0.2, -0.15) is 5.10 Å². The molecule has 0 spiro atoms. The summed E-state index contributed by atoms with van der Waals surface area (Å²) >= 11 is 1.66. The Morgan fingerprint density at radius 2 is 2.10 bits per heavy atom. The first-order valence-corrected chi connectivity index (χ1v) is 7.23. The molecule has 6 heteroatoms. The molecule has 0 atom stereocenters. The Bertz CT molecular complexity index is 716. The maximum absolute atomic E-state index is 4.39. The van der Waals surface area contributed by atoms with E-state index in [0.717, 1.165) is 29.3 Å². The summed E-state index contributed by atoms with van der Waals surface area (Å²) in [7, 11) is 0. The van der Waals surface area contributed by atoms with Crippen LogP contribution in [0, 0.1) is 13.8 Å². The van der Waals surface area contributed by atoms with E-state index >= 15 is 0 Å². The van der Waals surface area contributed by atoms with E-state index < -0.39 is 0 Å². The molecule has 1 aromatic carbocycles. The van der Waals surface area contributed by atoms with Crippen molar-refractivity contribution in [3.8, 4) is 11.4 Å². The summed E-state index contributed by atoms with van der Waals surface area (Å²) < 4.78 is 0. The van der Waals surface area contributed by atoms with Gasteiger partial charge in [0.15, 0.2) is 5.82 Å². The summed E-state index contributed by atoms with van der Waals surface area (Å²) in [5.41, 5.74) is 4.98. The van der Waals surface area contributed by atoms with E-state index in [0.29, 0.717) is 5.82 Å². The number of aromatic nitrogens is 4. The van der Waals surface area contributed by atoms with Crippen molar-refractivity contribution >= 4 is 17.0 Å². The van der Waals surface area contributed by atoms with Gasteiger partial charge in [-0.05, 0) is 26.0 Å². The van der Waals surface area contributed by atoms with E-state index in [4.69, 9.17) is 0 Å². The van der Waals surface area contributed by atoms with Crippen LogP contribution in [0.15, 0.2) is 29.8 Å². The normalized spacial score (nSPS) is 10.7. The molecular weight excluding hydrogens is 270 g/mol. The van der Waals surface area contributed by atoms with E-state index in [2.05, 4.69) is 25.5 Å². The Morgan fingerprint density at radius 1 is 1.25 bits per heavy atom. The highest BCUT2D eigenvalue weighted by Crippen LogP contribution is 2.26. The van der Waals surface area contributed by atoms with Gasteiger partial charge in [0, 0.05) is 16.1 Å². The fourth-order valence-corrected chi connectivity index (χ4v) is 2.68. The minimum Gasteiger partial charge on any atom is -0.379 e. The zero-order valence-corrected chi connectivity index (χ0v) is 12.2. The van der Waals surface area contributed by atoms with Crippen LogP contribution in [0.2, 0.25) is 0 Å². The maximum Gasteiger partial charge on any atom is 0.183 e. The average molecular weight is 285 g/mol. The van der Waals surface area contributed by atoms with Gasteiger partial charge < -0.3 is 5.32 Å². The Morgan fingerprint density at radius 3 is 2.80 bits per heavy atom. The molecule has 0 saturated heterocycles. The lowest BCUT2D eigenvalue weighted by Crippen LogP contribution is -2.01. The van der Waals surface area contributed by atoms with Crippen molar-refractivity contribution in [1.82, 2.24) is 20.2 Å². The molecule has 0 fully saturated rings. The molecule has 20 heavy (non-hydrogen) atoms. The van der Waals surface area contributed by atoms with Crippen LogP contribution in [0.3, 0.4) is 0 Å². The van der Waals surface area contributed by atoms with Crippen LogP contribution in [-0.2, 0) is 6.54 Å². The van der Waals surface area contributed by atoms with Crippen LogP contribution in [0.25, 0.3) is 11.4 Å². The lowest BCUT2D eigenvalue weighted by Gasteiger charge is -2.09. The van der Waals surface area contributed by atoms with Gasteiger partial charge in [0.2, 0.25) is 0 Å². The van der Waals surface area contributed by atoms with E-state index in [-0.39, 0.29) is 0 Å². The van der Waals surface area contributed by atoms with Crippen LogP contribution in [0.1, 0.15) is 16.4 Å². The molecule has 0 aliphatic carbocycles. The molecule has 3 aromatic rings. The molecule has 2 N–H and O–H groups in total. The third-order valence-electron chi connectivity index (χ3n) is 3.05. The van der Waals surface area contributed by atoms with Gasteiger partial charge in [0.1, 0.15) is 5.82 Å². The number of para-hydroxylation sites is 1. The van der Waals surface area contributed by atoms with Gasteiger partial charge >= 0.3 is 0 Å². The average Bonchev–Trinajstić information content (AvgIpc) is 3.06. The lowest BCUT2D eigenvalue weighted by atomic mass is 10.1. The summed E-state index contributed by atoms with van der Waals surface area (Å²) in [5, 5.41) is 10.5. The van der Waals surface area contributed by atoms with Crippen molar-refractivity contribution in [3.63, 3.8) is 0 Å². The van der Waals surface area contributed by atoms with Crippen molar-refractivity contribution in [1.29, 1.82) is 0 Å². The monoisotopic (exact) mass is 285 g/mol. The predicted molar refractivity (Wildman–Crippen MR) is 80.7 cm³/mol. The largest absolute Gasteiger partial charge is 0.379 e. The molecular formula is C14H15N5S. The maximum atomic E-state index is 4.39. The Labute approximate surface area is 121 Å². The summed E-state index contributed by atoms with van der Waals surface area (Å²) in [5.74, 6) is 1.53. The van der Waals surface area contributed by atoms with Crippen LogP contribution in [-0.4, -0.2) is 20.2 Å². The molecule has 5 nitrogen and oxygen atoms in total. The topological polar surface area (TPSA) is 66.5 Å². The number of hydrogen-bond donors (Lipinski definition) is 2. The number of aromatic amines is 1. The quantitative estimate of drug-likeness (QED) is 0.772. The summed E-state index contributed by atoms with van der Waals surface area (Å²) in [6.45, 7) is 4.68. The lowest BCUT2D eigenvalue weighted by molar-refractivity contribution is 1.04. The van der Waals surface area contributed by atoms with E-state index in [1.54, 1.807) is 11.3 Å². The van der Waals surface area contributed by atoms with E-state index in [1.165, 1.54) is 4.88 Å². The number of nitrogens with zero attached hydrogens (tertiary/aromatic N) is 3. The van der Waals surface area contributed by atoms with Gasteiger partial charge in [-0.25, -0.2) is 9.97 Å². The second kappa shape index (κ2) is 5.42. The summed E-state index contributed by atoms with van der Waals surface area (Å²) in [6, 6.07) is 8.05. The number of thiazole rings is 1. The molecule has 0 unspecified atom stereocenters. The molecule has 0 bridgehead atoms. The fourth-order valence-electron chi connectivity index (χ4n) is 1.97. The van der Waals surface area contributed by atoms with Gasteiger partial charge in [-0.15, -0.1) is 11.3 Å². The smallest absolute Gasteiger partial charge is 0.183 e. The Kier molecular flexibility index (Phi) is 3.47. The van der Waals surface area contributed by atoms with Crippen LogP contribution in [0.4, 0.5) is 5.69 Å². The number of anilines is 1. The van der Waals surface area contributed by atoms with Crippen molar-refractivity contribution in [3.05, 3.63) is 46.2 Å². The first-order chi connectivity index (χ1) is 9.74. The number of benzene rings is 1. The molecule has 102 valence electrons. The molecule has 2 heterocycles. The van der Waals surface area contributed by atoms with Crippen molar-refractivity contribution in [2.45, 2.75) is 20.4 Å². The third-order valence-corrected chi connectivity index (χ3v) is 3.98. The van der Waals surface area contributed by atoms with Gasteiger partial charge in [0.05, 0.1) is 17.7 Å². The number of rotatable bonds is 4. The van der Waals surface area contributed by atoms with E-state index in [1.807, 2.05) is 43.6 Å². The van der Waals surface area contributed by atoms with Crippen molar-refractivity contribution < 1.29 is 0 Å². The highest BCUT2D eigenvalue weighted by atomic mass is 32.1. The fraction of sp³-hybridized carbons (Fsp3) is 0.214. The van der Waals surface area contributed by atoms with Gasteiger partial charge in [-0.3, -0.25) is 5.10 Å². The highest BCUT2D eigenvalue weighted by Gasteiger charge is 2.09. The number of H-pyrrole nitrogens is 1. The molecule has 2 aromatic heterocycles. The Balaban J connectivity index is 1.85. The van der Waals surface area contributed by atoms with Crippen molar-refractivity contribution in [2.24, 2.45) is 0 Å². The standard InChI is InChI=1S/C14H15N5S/c1-9-13(20-8-16-9)7-15-12-6-4-3-5-11(12)14-17-10(2)18-19-14/h3-6,8,15H,7H2,1-2H3,(H,17,18,19). The number of nitrogens with one attached hydrogen (secondary N) is 2. The Hall–Kier alpha value is -2.21. The zero-order valence-electron chi connectivity index (χ0n) is 11.3. The first-order valence-electron chi connectivity index (χ1n) is 6.35. The van der Waals surface area contributed by atoms with Gasteiger partial charge in [0.25, 0.3) is 0 Å². The van der Waals surface area contributed by atoms with Crippen LogP contribution in [0.5, 0.6) is 0 Å². The molecule has 0 saturated carbocycles. The minimum atomic E-state index is 0.714. The number of aryl methyl sites for hydroxylation is 2. The molecule has 0 amide bonds. The highest BCUT2D eigenvalue weighted by molar-refractivity contribution is 7.09. The second-order valence-electron chi connectivity index (χ2n) is 4.50. The molecule has 0 radical (unpaired) electrons. The first kappa shape index (κ1) is 12.8.